The van der Waals surface area contributed by atoms with Crippen molar-refractivity contribution in [1.29, 1.82) is 0 Å². The summed E-state index contributed by atoms with van der Waals surface area (Å²) in [6.07, 6.45) is 1.71. The molecular weight excluding hydrogens is 304 g/mol. The lowest BCUT2D eigenvalue weighted by Gasteiger charge is -2.18. The van der Waals surface area contributed by atoms with Crippen molar-refractivity contribution in [2.45, 2.75) is 19.6 Å². The quantitative estimate of drug-likeness (QED) is 0.777. The van der Waals surface area contributed by atoms with Crippen LogP contribution in [0.1, 0.15) is 34.7 Å². The van der Waals surface area contributed by atoms with Crippen LogP contribution in [0.15, 0.2) is 48.7 Å². The van der Waals surface area contributed by atoms with E-state index in [4.69, 9.17) is 4.74 Å². The summed E-state index contributed by atoms with van der Waals surface area (Å²) in [6, 6.07) is 13.1. The Kier molecular flexibility index (Phi) is 3.49. The molecular formula is C18H16N4O2. The first-order valence-electron chi connectivity index (χ1n) is 7.75. The molecule has 1 aliphatic rings. The van der Waals surface area contributed by atoms with E-state index < -0.39 is 0 Å². The Balaban J connectivity index is 1.60. The third kappa shape index (κ3) is 2.42. The van der Waals surface area contributed by atoms with E-state index in [0.29, 0.717) is 12.3 Å². The molecule has 0 saturated heterocycles. The molecule has 0 saturated carbocycles. The van der Waals surface area contributed by atoms with Crippen LogP contribution in [-0.4, -0.2) is 21.1 Å². The molecule has 1 unspecified atom stereocenters. The summed E-state index contributed by atoms with van der Waals surface area (Å²) < 4.78 is 5.74. The van der Waals surface area contributed by atoms with Crippen LogP contribution < -0.4 is 10.1 Å². The minimum atomic E-state index is -0.218. The molecule has 4 rings (SSSR count). The number of ether oxygens (including phenoxy) is 1. The summed E-state index contributed by atoms with van der Waals surface area (Å²) in [5.41, 5.74) is 3.68. The molecule has 0 radical (unpaired) electrons. The average molecular weight is 320 g/mol. The number of fused-ring (bicyclic) bond motifs is 3. The number of aromatic amines is 1. The van der Waals surface area contributed by atoms with Gasteiger partial charge in [-0.05, 0) is 31.2 Å². The van der Waals surface area contributed by atoms with E-state index in [2.05, 4.69) is 20.5 Å². The Morgan fingerprint density at radius 3 is 2.92 bits per heavy atom. The Morgan fingerprint density at radius 1 is 1.25 bits per heavy atom. The topological polar surface area (TPSA) is 79.9 Å². The number of carbonyl (C=O) groups excluding carboxylic acids is 1. The van der Waals surface area contributed by atoms with Gasteiger partial charge < -0.3 is 10.1 Å². The maximum Gasteiger partial charge on any atom is 0.270 e. The van der Waals surface area contributed by atoms with Gasteiger partial charge in [-0.2, -0.15) is 5.10 Å². The van der Waals surface area contributed by atoms with Crippen LogP contribution in [0.5, 0.6) is 5.75 Å². The van der Waals surface area contributed by atoms with E-state index in [-0.39, 0.29) is 11.9 Å². The van der Waals surface area contributed by atoms with E-state index in [9.17, 15) is 4.79 Å². The van der Waals surface area contributed by atoms with Gasteiger partial charge in [-0.15, -0.1) is 0 Å². The van der Waals surface area contributed by atoms with Crippen LogP contribution in [0, 0.1) is 0 Å². The van der Waals surface area contributed by atoms with Gasteiger partial charge in [-0.25, -0.2) is 0 Å². The third-order valence-corrected chi connectivity index (χ3v) is 4.09. The van der Waals surface area contributed by atoms with Gasteiger partial charge in [0.05, 0.1) is 11.7 Å². The van der Waals surface area contributed by atoms with Crippen molar-refractivity contribution < 1.29 is 9.53 Å². The highest BCUT2D eigenvalue weighted by molar-refractivity contribution is 5.96. The monoisotopic (exact) mass is 320 g/mol. The van der Waals surface area contributed by atoms with E-state index in [1.807, 2.05) is 49.4 Å². The van der Waals surface area contributed by atoms with Crippen molar-refractivity contribution in [1.82, 2.24) is 20.5 Å². The first-order chi connectivity index (χ1) is 11.7. The highest BCUT2D eigenvalue weighted by Crippen LogP contribution is 2.36. The van der Waals surface area contributed by atoms with Crippen LogP contribution in [0.4, 0.5) is 0 Å². The molecule has 0 fully saturated rings. The number of carbonyl (C=O) groups is 1. The fourth-order valence-electron chi connectivity index (χ4n) is 2.83. The first-order valence-corrected chi connectivity index (χ1v) is 7.75. The van der Waals surface area contributed by atoms with Crippen molar-refractivity contribution in [3.05, 3.63) is 65.6 Å². The molecule has 2 aromatic heterocycles. The summed E-state index contributed by atoms with van der Waals surface area (Å²) in [4.78, 5) is 16.9. The maximum absolute atomic E-state index is 12.6. The lowest BCUT2D eigenvalue weighted by atomic mass is 10.0. The molecule has 0 spiro atoms. The van der Waals surface area contributed by atoms with E-state index in [1.54, 1.807) is 6.20 Å². The predicted molar refractivity (Wildman–Crippen MR) is 88.5 cm³/mol. The Labute approximate surface area is 138 Å². The number of amides is 1. The number of hydrogen-bond donors (Lipinski definition) is 2. The number of nitrogens with one attached hydrogen (secondary N) is 2. The summed E-state index contributed by atoms with van der Waals surface area (Å²) in [7, 11) is 0. The van der Waals surface area contributed by atoms with Crippen molar-refractivity contribution in [2.75, 3.05) is 0 Å². The first kappa shape index (κ1) is 14.4. The van der Waals surface area contributed by atoms with Gasteiger partial charge in [-0.3, -0.25) is 14.9 Å². The van der Waals surface area contributed by atoms with Gasteiger partial charge >= 0.3 is 0 Å². The molecule has 3 heterocycles. The summed E-state index contributed by atoms with van der Waals surface area (Å²) in [6.45, 7) is 2.22. The Hall–Kier alpha value is -3.15. The number of aromatic nitrogens is 3. The van der Waals surface area contributed by atoms with Gasteiger partial charge in [0.25, 0.3) is 5.91 Å². The molecule has 2 N–H and O–H groups in total. The van der Waals surface area contributed by atoms with Gasteiger partial charge in [0, 0.05) is 17.3 Å². The number of nitrogens with zero attached hydrogens (tertiary/aromatic N) is 2. The summed E-state index contributed by atoms with van der Waals surface area (Å²) in [5.74, 6) is 0.565. The van der Waals surface area contributed by atoms with Crippen LogP contribution in [0.25, 0.3) is 11.3 Å². The smallest absolute Gasteiger partial charge is 0.270 e. The molecule has 1 amide bonds. The van der Waals surface area contributed by atoms with Crippen LogP contribution in [0.3, 0.4) is 0 Å². The molecule has 1 atom stereocenters. The highest BCUT2D eigenvalue weighted by Gasteiger charge is 2.26. The van der Waals surface area contributed by atoms with Crippen molar-refractivity contribution >= 4 is 5.91 Å². The van der Waals surface area contributed by atoms with E-state index in [0.717, 1.165) is 28.3 Å². The SMILES string of the molecule is CC(NC(=O)c1[nH]nc2c1COc1ccccc1-2)c1ccccn1. The second-order valence-corrected chi connectivity index (χ2v) is 5.66. The zero-order chi connectivity index (χ0) is 16.5. The minimum Gasteiger partial charge on any atom is -0.488 e. The lowest BCUT2D eigenvalue weighted by Crippen LogP contribution is -2.28. The molecule has 1 aromatic carbocycles. The maximum atomic E-state index is 12.6. The fraction of sp³-hybridized carbons (Fsp3) is 0.167. The zero-order valence-corrected chi connectivity index (χ0v) is 13.1. The van der Waals surface area contributed by atoms with E-state index in [1.165, 1.54) is 0 Å². The van der Waals surface area contributed by atoms with E-state index >= 15 is 0 Å². The van der Waals surface area contributed by atoms with Gasteiger partial charge in [0.15, 0.2) is 0 Å². The number of benzene rings is 1. The summed E-state index contributed by atoms with van der Waals surface area (Å²) >= 11 is 0. The van der Waals surface area contributed by atoms with Gasteiger partial charge in [0.2, 0.25) is 0 Å². The molecule has 1 aliphatic heterocycles. The second kappa shape index (κ2) is 5.81. The van der Waals surface area contributed by atoms with Crippen molar-refractivity contribution in [2.24, 2.45) is 0 Å². The standard InChI is InChI=1S/C18H16N4O2/c1-11(14-7-4-5-9-19-14)20-18(23)17-13-10-24-15-8-3-2-6-12(15)16(13)21-22-17/h2-9,11H,10H2,1H3,(H,20,23)(H,21,22). The molecule has 6 nitrogen and oxygen atoms in total. The number of hydrogen-bond acceptors (Lipinski definition) is 4. The van der Waals surface area contributed by atoms with Crippen LogP contribution >= 0.6 is 0 Å². The molecule has 24 heavy (non-hydrogen) atoms. The van der Waals surface area contributed by atoms with Crippen molar-refractivity contribution in [3.8, 4) is 17.0 Å². The highest BCUT2D eigenvalue weighted by atomic mass is 16.5. The fourth-order valence-corrected chi connectivity index (χ4v) is 2.83. The average Bonchev–Trinajstić information content (AvgIpc) is 3.07. The molecule has 0 bridgehead atoms. The minimum absolute atomic E-state index is 0.200. The molecule has 0 aliphatic carbocycles. The Morgan fingerprint density at radius 2 is 2.08 bits per heavy atom. The van der Waals surface area contributed by atoms with Crippen LogP contribution in [0.2, 0.25) is 0 Å². The number of pyridine rings is 1. The predicted octanol–water partition coefficient (Wildman–Crippen LogP) is 2.86. The van der Waals surface area contributed by atoms with Gasteiger partial charge in [-0.1, -0.05) is 18.2 Å². The normalized spacial score (nSPS) is 13.4. The molecule has 3 aromatic rings. The van der Waals surface area contributed by atoms with Gasteiger partial charge in [0.1, 0.15) is 23.7 Å². The van der Waals surface area contributed by atoms with Crippen LogP contribution in [-0.2, 0) is 6.61 Å². The Bertz CT molecular complexity index is 889. The molecule has 120 valence electrons. The largest absolute Gasteiger partial charge is 0.488 e. The van der Waals surface area contributed by atoms with Crippen molar-refractivity contribution in [3.63, 3.8) is 0 Å². The summed E-state index contributed by atoms with van der Waals surface area (Å²) in [5, 5.41) is 10.1. The third-order valence-electron chi connectivity index (χ3n) is 4.09. The number of para-hydroxylation sites is 1. The second-order valence-electron chi connectivity index (χ2n) is 5.66. The lowest BCUT2D eigenvalue weighted by molar-refractivity contribution is 0.0931. The number of rotatable bonds is 3. The molecule has 6 heteroatoms. The number of H-pyrrole nitrogens is 1. The zero-order valence-electron chi connectivity index (χ0n) is 13.1.